The maximum atomic E-state index is 15.7. The van der Waals surface area contributed by atoms with Gasteiger partial charge >= 0.3 is 0 Å². The van der Waals surface area contributed by atoms with E-state index < -0.39 is 228 Å². The average Bonchev–Trinajstić information content (AvgIpc) is 1.55. The summed E-state index contributed by atoms with van der Waals surface area (Å²) in [5, 5.41) is 93.6. The molecule has 6 saturated heterocycles. The highest BCUT2D eigenvalue weighted by Crippen LogP contribution is 2.53. The Morgan fingerprint density at radius 3 is 1.24 bits per heavy atom. The first-order valence-electron chi connectivity index (χ1n) is 37.9. The highest BCUT2D eigenvalue weighted by molar-refractivity contribution is 6.02. The topological polar surface area (TPSA) is 454 Å². The van der Waals surface area contributed by atoms with Crippen molar-refractivity contribution in [2.45, 2.75) is 262 Å². The Hall–Kier alpha value is -8.44. The van der Waals surface area contributed by atoms with E-state index in [4.69, 9.17) is 0 Å². The van der Waals surface area contributed by atoms with Crippen LogP contribution in [0.5, 0.6) is 0 Å². The van der Waals surface area contributed by atoms with Crippen LogP contribution in [-0.2, 0) is 75.2 Å². The third kappa shape index (κ3) is 15.6. The lowest BCUT2D eigenvalue weighted by molar-refractivity contribution is -0.159. The molecule has 8 aliphatic rings. The van der Waals surface area contributed by atoms with Crippen molar-refractivity contribution in [2.75, 3.05) is 32.5 Å². The van der Waals surface area contributed by atoms with Gasteiger partial charge in [-0.1, -0.05) is 101 Å². The second-order valence-corrected chi connectivity index (χ2v) is 33.2. The third-order valence-corrected chi connectivity index (χ3v) is 22.7. The summed E-state index contributed by atoms with van der Waals surface area (Å²) in [7, 11) is 2.78. The predicted octanol–water partition coefficient (Wildman–Crippen LogP) is -2.39. The molecule has 0 bridgehead atoms. The first-order valence-corrected chi connectivity index (χ1v) is 37.9. The number of carbonyl (C=O) groups excluding carboxylic acids is 12. The third-order valence-electron chi connectivity index (χ3n) is 22.7. The molecule has 15 N–H and O–H groups in total. The molecule has 33 nitrogen and oxygen atoms in total. The van der Waals surface area contributed by atoms with Gasteiger partial charge in [0.15, 0.2) is 0 Å². The number of fused-ring (bicyclic) bond motifs is 12. The van der Waals surface area contributed by atoms with Gasteiger partial charge in [-0.2, -0.15) is 0 Å². The zero-order chi connectivity index (χ0) is 79.7. The number of rotatable bonds is 11. The number of hydrazine groups is 2. The number of nitrogens with zero attached hydrogens (tertiary/aromatic N) is 6. The van der Waals surface area contributed by atoms with E-state index in [1.807, 2.05) is 0 Å². The molecule has 12 amide bonds. The molecule has 2 aromatic rings. The molecule has 20 atom stereocenters. The van der Waals surface area contributed by atoms with Crippen LogP contribution < -0.4 is 48.1 Å². The molecule has 0 radical (unpaired) electrons. The number of aliphatic hydroxyl groups excluding tert-OH is 4. The first-order chi connectivity index (χ1) is 50.5. The number of hydrogen-bond donors (Lipinski definition) is 15. The van der Waals surface area contributed by atoms with Crippen molar-refractivity contribution in [1.29, 1.82) is 0 Å². The molecular weight excluding hydrogens is 1400 g/mol. The van der Waals surface area contributed by atoms with E-state index in [1.165, 1.54) is 37.7 Å². The van der Waals surface area contributed by atoms with Gasteiger partial charge < -0.3 is 87.5 Å². The molecule has 6 fully saturated rings. The van der Waals surface area contributed by atoms with E-state index in [9.17, 15) is 59.4 Å². The minimum absolute atomic E-state index is 0.00555. The monoisotopic (exact) mass is 1510 g/mol. The van der Waals surface area contributed by atoms with Gasteiger partial charge in [0.25, 0.3) is 11.8 Å². The summed E-state index contributed by atoms with van der Waals surface area (Å²) >= 11 is 0. The summed E-state index contributed by atoms with van der Waals surface area (Å²) in [6.45, 7) is 22.8. The maximum Gasteiger partial charge on any atom is 0.260 e. The van der Waals surface area contributed by atoms with E-state index in [0.29, 0.717) is 22.4 Å². The number of amides is 12. The number of likely N-dealkylation sites (N-methyl/N-ethyl adjacent to an activating group) is 2. The van der Waals surface area contributed by atoms with Crippen LogP contribution in [0, 0.1) is 35.5 Å². The molecule has 108 heavy (non-hydrogen) atoms. The number of β-amino-alcohol motifs (C(OH)–C–C–N with tert-alkyl or cyclic N) is 2. The smallest absolute Gasteiger partial charge is 0.260 e. The van der Waals surface area contributed by atoms with E-state index in [2.05, 4.69) is 48.1 Å². The number of benzene rings is 2. The fourth-order valence-corrected chi connectivity index (χ4v) is 17.1. The summed E-state index contributed by atoms with van der Waals surface area (Å²) in [5.41, 5.74) is 3.51. The first kappa shape index (κ1) is 82.1. The molecule has 0 aromatic heterocycles. The number of carbonyl (C=O) groups is 12. The molecule has 1 aliphatic carbocycles. The Bertz CT molecular complexity index is 3610. The molecule has 0 spiro atoms. The van der Waals surface area contributed by atoms with Gasteiger partial charge in [0, 0.05) is 64.1 Å². The van der Waals surface area contributed by atoms with Crippen molar-refractivity contribution in [3.05, 3.63) is 53.1 Å². The number of anilines is 1. The Morgan fingerprint density at radius 1 is 0.435 bits per heavy atom. The highest BCUT2D eigenvalue weighted by atomic mass is 16.3. The summed E-state index contributed by atoms with van der Waals surface area (Å²) in [5.74, 6) is -13.3. The Balaban J connectivity index is 1.02. The molecule has 33 heteroatoms. The van der Waals surface area contributed by atoms with Crippen LogP contribution in [0.15, 0.2) is 36.4 Å². The quantitative estimate of drug-likeness (QED) is 0.112. The van der Waals surface area contributed by atoms with Crippen molar-refractivity contribution in [1.82, 2.24) is 72.4 Å². The van der Waals surface area contributed by atoms with Crippen molar-refractivity contribution in [3.63, 3.8) is 0 Å². The Morgan fingerprint density at radius 2 is 0.824 bits per heavy atom. The SMILES string of the molecule is CC(C)C[C@@H]1NC(=O)[C@H]2C[C@@H](O)CNN2C(=O)[C@H](C(C)C)N(C)C(=O)[C@@H](C(C)C)NC(=O)[C@@H]2C[C@@]3(O)c4cc(-c5ccc6c(c5)[C@]5(O)C[C@H]7C(=O)N[C@H](C(C)C)C(=O)N(C)[C@@H](C(C)C)C(=O)N8NC[C@H](O)C[C@@H]8C(=O)N[C@@H](CC(C)C)C(=O)N[C@H]([C@H](C)O)C(=O)N7[C@@H]5N6)ccc4C[C@H]3N2C(=O)[C@@H]([C@H](C)O)NC1=O. The fraction of sp³-hybridized carbons (Fsp3) is 0.680. The van der Waals surface area contributed by atoms with Crippen molar-refractivity contribution < 1.29 is 88.2 Å². The van der Waals surface area contributed by atoms with Crippen LogP contribution in [0.1, 0.15) is 152 Å². The Kier molecular flexibility index (Phi) is 24.2. The minimum Gasteiger partial charge on any atom is -0.392 e. The van der Waals surface area contributed by atoms with E-state index in [-0.39, 0.29) is 68.2 Å². The van der Waals surface area contributed by atoms with Crippen LogP contribution >= 0.6 is 0 Å². The molecule has 594 valence electrons. The predicted molar refractivity (Wildman–Crippen MR) is 390 cm³/mol. The van der Waals surface area contributed by atoms with Gasteiger partial charge in [-0.15, -0.1) is 0 Å². The summed E-state index contributed by atoms with van der Waals surface area (Å²) in [6.07, 6.45) is -8.74. The zero-order valence-electron chi connectivity index (χ0n) is 64.5. The lowest BCUT2D eigenvalue weighted by Gasteiger charge is -2.42. The van der Waals surface area contributed by atoms with Gasteiger partial charge in [0.1, 0.15) is 89.9 Å². The van der Waals surface area contributed by atoms with Crippen molar-refractivity contribution in [3.8, 4) is 11.1 Å². The second kappa shape index (κ2) is 31.9. The molecule has 7 aliphatic heterocycles. The van der Waals surface area contributed by atoms with E-state index >= 15 is 28.8 Å². The number of nitrogens with one attached hydrogen (secondary N) is 9. The van der Waals surface area contributed by atoms with Crippen molar-refractivity contribution in [2.24, 2.45) is 35.5 Å². The van der Waals surface area contributed by atoms with Crippen LogP contribution in [0.2, 0.25) is 0 Å². The fourth-order valence-electron chi connectivity index (χ4n) is 17.1. The van der Waals surface area contributed by atoms with E-state index in [0.717, 1.165) is 19.8 Å². The summed E-state index contributed by atoms with van der Waals surface area (Å²) < 4.78 is 0. The molecule has 10 rings (SSSR count). The van der Waals surface area contributed by atoms with Crippen LogP contribution in [-0.4, -0.2) is 267 Å². The standard InChI is InChI=1S/C75H111N15O18/c1-32(2)21-48-61(95)83-57(38(13)91)69(103)87-52(65(99)81-55(34(5)6)67(101)85(15)59(36(9)10)71(105)89-50(63(97)78-48)26-43(93)30-76-89)28-74(107)45-23-40(17-18-42(45)25-54(74)87)41-19-20-47-46(24-41)75(108)29-53-66(100)82-56(35(7)8)68(102)86(16)60(37(11)12)72(106)90-51(27-44(94)31-77-90)64(98)79-49(22-33(3)4)62(96)84-58(39(14)92)70(104)88(53)73(75)80-47/h17-20,23-24,32-39,43-44,48-60,73,76-77,80,91-94,107-108H,21-22,25-31H2,1-16H3,(H,78,97)(H,79,98)(H,81,99)(H,82,100)(H,83,95)(H,84,96)/t38-,39-,43+,44+,48-,49-,50+,51+,52-,53-,54+,55+,56+,57+,58+,59-,60-,73-,74+,75+/m0/s1. The molecule has 7 heterocycles. The lowest BCUT2D eigenvalue weighted by atomic mass is 9.86. The second-order valence-electron chi connectivity index (χ2n) is 33.2. The van der Waals surface area contributed by atoms with Gasteiger partial charge in [0.2, 0.25) is 59.1 Å². The van der Waals surface area contributed by atoms with Gasteiger partial charge in [-0.25, -0.2) is 10.9 Å². The van der Waals surface area contributed by atoms with Crippen LogP contribution in [0.3, 0.4) is 0 Å². The summed E-state index contributed by atoms with van der Waals surface area (Å²) in [6, 6.07) is -9.03. The number of hydrogen-bond acceptors (Lipinski definition) is 21. The largest absolute Gasteiger partial charge is 0.392 e. The normalized spacial score (nSPS) is 33.6. The minimum atomic E-state index is -2.18. The number of aliphatic hydroxyl groups is 6. The molecule has 0 unspecified atom stereocenters. The molecule has 0 saturated carbocycles. The van der Waals surface area contributed by atoms with Gasteiger partial charge in [0.05, 0.1) is 30.5 Å². The summed E-state index contributed by atoms with van der Waals surface area (Å²) in [4.78, 5) is 185. The van der Waals surface area contributed by atoms with E-state index in [1.54, 1.807) is 119 Å². The van der Waals surface area contributed by atoms with Crippen molar-refractivity contribution >= 4 is 76.6 Å². The molecular formula is C75H111N15O18. The molecule has 2 aromatic carbocycles. The van der Waals surface area contributed by atoms with Crippen LogP contribution in [0.25, 0.3) is 11.1 Å². The maximum absolute atomic E-state index is 15.7. The Labute approximate surface area is 629 Å². The lowest BCUT2D eigenvalue weighted by Crippen LogP contribution is -2.68. The zero-order valence-corrected chi connectivity index (χ0v) is 64.5. The van der Waals surface area contributed by atoms with Gasteiger partial charge in [-0.05, 0) is 109 Å². The van der Waals surface area contributed by atoms with Gasteiger partial charge in [-0.3, -0.25) is 67.6 Å². The average molecular weight is 1510 g/mol. The van der Waals surface area contributed by atoms with Crippen LogP contribution in [0.4, 0.5) is 5.69 Å². The highest BCUT2D eigenvalue weighted by Gasteiger charge is 2.64.